The lowest BCUT2D eigenvalue weighted by Gasteiger charge is -2.12. The molecule has 0 fully saturated rings. The Morgan fingerprint density at radius 2 is 1.10 bits per heavy atom. The highest BCUT2D eigenvalue weighted by atomic mass is 35.5. The molecule has 8 rings (SSSR count). The Morgan fingerprint density at radius 1 is 0.647 bits per heavy atom. The first-order chi connectivity index (χ1) is 32.4. The fourth-order valence-corrected chi connectivity index (χ4v) is 6.16. The van der Waals surface area contributed by atoms with Gasteiger partial charge in [-0.15, -0.1) is 0 Å². The predicted octanol–water partition coefficient (Wildman–Crippen LogP) is 10.6. The molecule has 6 aromatic heterocycles. The van der Waals surface area contributed by atoms with Crippen molar-refractivity contribution >= 4 is 64.8 Å². The minimum absolute atomic E-state index is 0.00365. The zero-order valence-corrected chi connectivity index (χ0v) is 35.6. The van der Waals surface area contributed by atoms with E-state index in [4.69, 9.17) is 23.2 Å². The lowest BCUT2D eigenvalue weighted by molar-refractivity contribution is -0.138. The molecule has 8 aromatic rings. The maximum atomic E-state index is 13.5. The van der Waals surface area contributed by atoms with E-state index < -0.39 is 41.1 Å². The quantitative estimate of drug-likeness (QED) is 0.0541. The summed E-state index contributed by atoms with van der Waals surface area (Å²) in [5.74, 6) is -1.82. The molecule has 0 aliphatic rings. The number of halogens is 10. The van der Waals surface area contributed by atoms with E-state index in [2.05, 4.69) is 55.5 Å². The fraction of sp³-hybridized carbons (Fsp3) is 0.0698. The Labute approximate surface area is 387 Å². The van der Waals surface area contributed by atoms with E-state index in [1.165, 1.54) is 86.8 Å². The number of carbonyl (C=O) groups is 2. The van der Waals surface area contributed by atoms with Gasteiger partial charge in [0, 0.05) is 94.8 Å². The molecule has 0 bridgehead atoms. The minimum atomic E-state index is -4.61. The Hall–Kier alpha value is -8.18. The SMILES string of the molecule is COC(=O)/C=C/c1cncc(-c2cnc(Nc3ccc(F)c(Cl)c3)nc2-n2cc(C(F)(F)F)cn2)c1.O=Cc1cncc(-c2cnc(Nc3ccc(F)c(Cl)c3)nc2-n2cc(C(F)(F)F)cn2)c1. The smallest absolute Gasteiger partial charge is 0.419 e. The summed E-state index contributed by atoms with van der Waals surface area (Å²) in [6, 6.07) is 10.8. The number of pyridine rings is 2. The van der Waals surface area contributed by atoms with Crippen LogP contribution in [0, 0.1) is 11.6 Å². The van der Waals surface area contributed by atoms with Gasteiger partial charge in [-0.3, -0.25) is 14.8 Å². The first-order valence-electron chi connectivity index (χ1n) is 18.9. The summed E-state index contributed by atoms with van der Waals surface area (Å²) >= 11 is 11.6. The molecule has 68 heavy (non-hydrogen) atoms. The summed E-state index contributed by atoms with van der Waals surface area (Å²) in [7, 11) is 1.24. The van der Waals surface area contributed by atoms with Crippen molar-refractivity contribution in [3.8, 4) is 33.9 Å². The number of esters is 1. The molecule has 0 radical (unpaired) electrons. The first-order valence-corrected chi connectivity index (χ1v) is 19.7. The Morgan fingerprint density at radius 3 is 1.51 bits per heavy atom. The van der Waals surface area contributed by atoms with E-state index in [1.54, 1.807) is 6.07 Å². The summed E-state index contributed by atoms with van der Waals surface area (Å²) < 4.78 is 112. The van der Waals surface area contributed by atoms with Crippen LogP contribution in [0.4, 0.5) is 58.4 Å². The number of anilines is 4. The van der Waals surface area contributed by atoms with Gasteiger partial charge in [0.2, 0.25) is 11.9 Å². The highest BCUT2D eigenvalue weighted by Crippen LogP contribution is 2.34. The van der Waals surface area contributed by atoms with Gasteiger partial charge in [0.1, 0.15) is 11.6 Å². The molecule has 0 saturated heterocycles. The van der Waals surface area contributed by atoms with E-state index >= 15 is 0 Å². The van der Waals surface area contributed by atoms with Gasteiger partial charge in [0.05, 0.1) is 40.7 Å². The molecule has 2 aromatic carbocycles. The lowest BCUT2D eigenvalue weighted by atomic mass is 10.1. The second-order valence-corrected chi connectivity index (χ2v) is 14.5. The van der Waals surface area contributed by atoms with Gasteiger partial charge in [0.15, 0.2) is 17.9 Å². The van der Waals surface area contributed by atoms with E-state index in [1.807, 2.05) is 0 Å². The second-order valence-electron chi connectivity index (χ2n) is 13.7. The van der Waals surface area contributed by atoms with Crippen LogP contribution >= 0.6 is 23.2 Å². The number of ether oxygens (including phenoxy) is 1. The first kappa shape index (κ1) is 47.8. The molecular formula is C43H26Cl2F8N12O3. The van der Waals surface area contributed by atoms with Crippen molar-refractivity contribution in [2.45, 2.75) is 12.4 Å². The highest BCUT2D eigenvalue weighted by Gasteiger charge is 2.34. The Kier molecular flexibility index (Phi) is 14.1. The number of hydrogen-bond acceptors (Lipinski definition) is 13. The largest absolute Gasteiger partial charge is 0.466 e. The molecular weight excluding hydrogens is 955 g/mol. The van der Waals surface area contributed by atoms with Crippen LogP contribution in [0.15, 0.2) is 117 Å². The number of hydrogen-bond donors (Lipinski definition) is 2. The van der Waals surface area contributed by atoms with Gasteiger partial charge >= 0.3 is 18.3 Å². The maximum absolute atomic E-state index is 13.5. The third kappa shape index (κ3) is 11.6. The average Bonchev–Trinajstić information content (AvgIpc) is 4.04. The molecule has 0 aliphatic carbocycles. The third-order valence-corrected chi connectivity index (χ3v) is 9.61. The van der Waals surface area contributed by atoms with Crippen LogP contribution in [0.25, 0.3) is 40.0 Å². The summed E-state index contributed by atoms with van der Waals surface area (Å²) in [6.07, 6.45) is 5.34. The number of carbonyl (C=O) groups excluding carboxylic acids is 2. The van der Waals surface area contributed by atoms with Gasteiger partial charge in [-0.1, -0.05) is 23.2 Å². The van der Waals surface area contributed by atoms with E-state index in [-0.39, 0.29) is 44.7 Å². The van der Waals surface area contributed by atoms with Gasteiger partial charge in [-0.25, -0.2) is 32.9 Å². The monoisotopic (exact) mass is 980 g/mol. The number of benzene rings is 2. The number of methoxy groups -OCH3 is 1. The number of nitrogens with zero attached hydrogens (tertiary/aromatic N) is 10. The van der Waals surface area contributed by atoms with Crippen molar-refractivity contribution in [2.75, 3.05) is 17.7 Å². The van der Waals surface area contributed by atoms with Crippen molar-refractivity contribution in [2.24, 2.45) is 0 Å². The van der Waals surface area contributed by atoms with Crippen molar-refractivity contribution in [1.82, 2.24) is 49.5 Å². The number of rotatable bonds is 11. The zero-order chi connectivity index (χ0) is 48.8. The van der Waals surface area contributed by atoms with Crippen LogP contribution in [-0.4, -0.2) is 68.8 Å². The number of aldehydes is 1. The summed E-state index contributed by atoms with van der Waals surface area (Å²) in [5.41, 5.74) is 0.959. The third-order valence-electron chi connectivity index (χ3n) is 9.03. The summed E-state index contributed by atoms with van der Waals surface area (Å²) in [5, 5.41) is 13.0. The lowest BCUT2D eigenvalue weighted by Crippen LogP contribution is -2.07. The molecule has 0 atom stereocenters. The molecule has 0 spiro atoms. The molecule has 2 N–H and O–H groups in total. The molecule has 6 heterocycles. The van der Waals surface area contributed by atoms with Gasteiger partial charge in [-0.2, -0.15) is 46.5 Å². The van der Waals surface area contributed by atoms with E-state index in [0.29, 0.717) is 52.3 Å². The van der Waals surface area contributed by atoms with Crippen LogP contribution in [0.5, 0.6) is 0 Å². The highest BCUT2D eigenvalue weighted by molar-refractivity contribution is 6.31. The van der Waals surface area contributed by atoms with Gasteiger partial charge < -0.3 is 15.4 Å². The molecule has 0 unspecified atom stereocenters. The molecule has 346 valence electrons. The summed E-state index contributed by atoms with van der Waals surface area (Å²) in [4.78, 5) is 47.6. The van der Waals surface area contributed by atoms with Crippen molar-refractivity contribution in [1.29, 1.82) is 0 Å². The van der Waals surface area contributed by atoms with Crippen LogP contribution in [-0.2, 0) is 21.9 Å². The van der Waals surface area contributed by atoms with Crippen molar-refractivity contribution in [3.63, 3.8) is 0 Å². The number of nitrogens with one attached hydrogen (secondary N) is 2. The zero-order valence-electron chi connectivity index (χ0n) is 34.1. The fourth-order valence-electron chi connectivity index (χ4n) is 5.80. The normalized spacial score (nSPS) is 11.5. The average molecular weight is 982 g/mol. The maximum Gasteiger partial charge on any atom is 0.419 e. The number of alkyl halides is 6. The standard InChI is InChI=1S/C23H15ClF4N6O2.C20H11ClF4N6O/c1-36-20(35)5-2-13-6-14(9-29-8-13)17-11-30-22(32-16-3-4-19(25)18(24)7-16)33-21(17)34-12-15(10-31-34)23(26,27)28;21-16-4-14(1-2-17(16)22)29-19-27-8-15(12-3-11(10-32)5-26-6-12)18(30-19)31-9-13(7-28-31)20(23,24)25/h2-12H,1H3,(H,30,32,33);1-10H,(H,27,29,30)/b5-2+;. The van der Waals surface area contributed by atoms with Crippen molar-refractivity contribution < 1.29 is 49.4 Å². The molecule has 0 aliphatic heterocycles. The van der Waals surface area contributed by atoms with E-state index in [9.17, 15) is 44.7 Å². The van der Waals surface area contributed by atoms with Crippen molar-refractivity contribution in [3.05, 3.63) is 161 Å². The van der Waals surface area contributed by atoms with Gasteiger partial charge in [0.25, 0.3) is 0 Å². The predicted molar refractivity (Wildman–Crippen MR) is 231 cm³/mol. The van der Waals surface area contributed by atoms with Crippen LogP contribution < -0.4 is 10.6 Å². The topological polar surface area (TPSA) is 180 Å². The van der Waals surface area contributed by atoms with E-state index in [0.717, 1.165) is 33.9 Å². The minimum Gasteiger partial charge on any atom is -0.466 e. The molecule has 0 amide bonds. The molecule has 15 nitrogen and oxygen atoms in total. The number of aromatic nitrogens is 10. The molecule has 25 heteroatoms. The van der Waals surface area contributed by atoms with Crippen LogP contribution in [0.1, 0.15) is 27.0 Å². The Balaban J connectivity index is 0.000000203. The van der Waals surface area contributed by atoms with Crippen LogP contribution in [0.3, 0.4) is 0 Å². The second kappa shape index (κ2) is 20.1. The summed E-state index contributed by atoms with van der Waals surface area (Å²) in [6.45, 7) is 0. The Bertz CT molecular complexity index is 3180. The van der Waals surface area contributed by atoms with Gasteiger partial charge in [-0.05, 0) is 60.2 Å². The van der Waals surface area contributed by atoms with Crippen LogP contribution in [0.2, 0.25) is 10.0 Å². The molecule has 0 saturated carbocycles.